The van der Waals surface area contributed by atoms with E-state index in [9.17, 15) is 4.79 Å². The van der Waals surface area contributed by atoms with Crippen LogP contribution in [0.3, 0.4) is 0 Å². The number of ether oxygens (including phenoxy) is 1. The van der Waals surface area contributed by atoms with E-state index in [-0.39, 0.29) is 6.09 Å². The van der Waals surface area contributed by atoms with E-state index >= 15 is 0 Å². The molecule has 0 bridgehead atoms. The normalized spacial score (nSPS) is 20.4. The number of allylic oxidation sites excluding steroid dienone is 2. The van der Waals surface area contributed by atoms with Crippen molar-refractivity contribution in [2.75, 3.05) is 0 Å². The van der Waals surface area contributed by atoms with Gasteiger partial charge in [0, 0.05) is 18.3 Å². The highest BCUT2D eigenvalue weighted by atomic mass is 16.6. The summed E-state index contributed by atoms with van der Waals surface area (Å²) in [5, 5.41) is 0. The molecule has 1 aliphatic carbocycles. The van der Waals surface area contributed by atoms with Crippen LogP contribution in [0.4, 0.5) is 4.79 Å². The van der Waals surface area contributed by atoms with Crippen LogP contribution in [0, 0.1) is 5.92 Å². The molecule has 0 saturated carbocycles. The molecule has 1 unspecified atom stereocenters. The van der Waals surface area contributed by atoms with E-state index in [0.717, 1.165) is 19.3 Å². The molecule has 4 nitrogen and oxygen atoms in total. The minimum absolute atomic E-state index is 0.358. The Hall–Kier alpha value is -1.58. The monoisotopic (exact) mass is 248 g/mol. The fraction of sp³-hybridized carbons (Fsp3) is 0.571. The number of rotatable bonds is 2. The maximum Gasteiger partial charge on any atom is 0.419 e. The average Bonchev–Trinajstić information content (AvgIpc) is 2.82. The SMILES string of the molecule is CC1=CCC(C(C)(C)OC(=O)n2ccnc2)CC1. The van der Waals surface area contributed by atoms with Crippen molar-refractivity contribution in [1.82, 2.24) is 9.55 Å². The van der Waals surface area contributed by atoms with Crippen LogP contribution in [0.25, 0.3) is 0 Å². The summed E-state index contributed by atoms with van der Waals surface area (Å²) < 4.78 is 6.98. The summed E-state index contributed by atoms with van der Waals surface area (Å²) in [7, 11) is 0. The van der Waals surface area contributed by atoms with Crippen LogP contribution in [0.15, 0.2) is 30.4 Å². The van der Waals surface area contributed by atoms with Crippen LogP contribution in [0.2, 0.25) is 0 Å². The molecule has 1 atom stereocenters. The van der Waals surface area contributed by atoms with Crippen molar-refractivity contribution >= 4 is 6.09 Å². The number of hydrogen-bond acceptors (Lipinski definition) is 3. The first kappa shape index (κ1) is 12.9. The molecular formula is C14H20N2O2. The third kappa shape index (κ3) is 2.81. The molecule has 0 aliphatic heterocycles. The van der Waals surface area contributed by atoms with E-state index in [1.807, 2.05) is 13.8 Å². The highest BCUT2D eigenvalue weighted by molar-refractivity contribution is 5.70. The highest BCUT2D eigenvalue weighted by Crippen LogP contribution is 2.34. The summed E-state index contributed by atoms with van der Waals surface area (Å²) in [6.07, 6.45) is 9.68. The molecule has 0 N–H and O–H groups in total. The van der Waals surface area contributed by atoms with Crippen molar-refractivity contribution < 1.29 is 9.53 Å². The van der Waals surface area contributed by atoms with Crippen molar-refractivity contribution in [1.29, 1.82) is 0 Å². The van der Waals surface area contributed by atoms with E-state index < -0.39 is 5.60 Å². The Morgan fingerprint density at radius 2 is 2.33 bits per heavy atom. The highest BCUT2D eigenvalue weighted by Gasteiger charge is 2.34. The zero-order valence-electron chi connectivity index (χ0n) is 11.2. The Balaban J connectivity index is 2.01. The van der Waals surface area contributed by atoms with E-state index in [2.05, 4.69) is 18.0 Å². The molecule has 0 saturated heterocycles. The van der Waals surface area contributed by atoms with Crippen LogP contribution in [-0.2, 0) is 4.74 Å². The number of nitrogens with zero attached hydrogens (tertiary/aromatic N) is 2. The van der Waals surface area contributed by atoms with Gasteiger partial charge in [-0.05, 0) is 40.0 Å². The quantitative estimate of drug-likeness (QED) is 0.753. The van der Waals surface area contributed by atoms with Gasteiger partial charge in [-0.2, -0.15) is 0 Å². The van der Waals surface area contributed by atoms with Crippen molar-refractivity contribution in [3.8, 4) is 0 Å². The Bertz CT molecular complexity index is 446. The van der Waals surface area contributed by atoms with Crippen molar-refractivity contribution in [2.45, 2.75) is 45.6 Å². The van der Waals surface area contributed by atoms with E-state index in [4.69, 9.17) is 4.74 Å². The van der Waals surface area contributed by atoms with Crippen LogP contribution < -0.4 is 0 Å². The number of carbonyl (C=O) groups excluding carboxylic acids is 1. The summed E-state index contributed by atoms with van der Waals surface area (Å²) in [6.45, 7) is 6.13. The summed E-state index contributed by atoms with van der Waals surface area (Å²) in [6, 6.07) is 0. The topological polar surface area (TPSA) is 44.1 Å². The van der Waals surface area contributed by atoms with Gasteiger partial charge in [0.15, 0.2) is 0 Å². The minimum Gasteiger partial charge on any atom is -0.443 e. The molecule has 1 aromatic rings. The van der Waals surface area contributed by atoms with Gasteiger partial charge in [0.05, 0.1) is 0 Å². The third-order valence-corrected chi connectivity index (χ3v) is 3.69. The zero-order valence-corrected chi connectivity index (χ0v) is 11.2. The number of imidazole rings is 1. The van der Waals surface area contributed by atoms with Gasteiger partial charge in [0.25, 0.3) is 0 Å². The van der Waals surface area contributed by atoms with Crippen molar-refractivity contribution in [3.05, 3.63) is 30.4 Å². The van der Waals surface area contributed by atoms with Gasteiger partial charge in [0.1, 0.15) is 11.9 Å². The molecule has 0 spiro atoms. The summed E-state index contributed by atoms with van der Waals surface area (Å²) in [5.74, 6) is 0.383. The molecule has 2 rings (SSSR count). The molecule has 1 aromatic heterocycles. The molecule has 1 aliphatic rings. The Morgan fingerprint density at radius 3 is 2.89 bits per heavy atom. The maximum absolute atomic E-state index is 11.9. The Morgan fingerprint density at radius 1 is 1.56 bits per heavy atom. The van der Waals surface area contributed by atoms with E-state index in [1.165, 1.54) is 16.5 Å². The molecule has 18 heavy (non-hydrogen) atoms. The van der Waals surface area contributed by atoms with Gasteiger partial charge < -0.3 is 4.74 Å². The number of carbonyl (C=O) groups is 1. The van der Waals surface area contributed by atoms with Gasteiger partial charge in [-0.1, -0.05) is 11.6 Å². The van der Waals surface area contributed by atoms with Crippen molar-refractivity contribution in [2.24, 2.45) is 5.92 Å². The molecule has 0 fully saturated rings. The second-order valence-electron chi connectivity index (χ2n) is 5.46. The lowest BCUT2D eigenvalue weighted by atomic mass is 9.79. The summed E-state index contributed by atoms with van der Waals surface area (Å²) >= 11 is 0. The van der Waals surface area contributed by atoms with Crippen LogP contribution in [-0.4, -0.2) is 21.2 Å². The first-order valence-corrected chi connectivity index (χ1v) is 6.36. The van der Waals surface area contributed by atoms with Gasteiger partial charge in [-0.3, -0.25) is 0 Å². The first-order valence-electron chi connectivity index (χ1n) is 6.36. The first-order chi connectivity index (χ1) is 8.49. The predicted octanol–water partition coefficient (Wildman–Crippen LogP) is 3.39. The van der Waals surface area contributed by atoms with Crippen LogP contribution in [0.1, 0.15) is 40.0 Å². The number of hydrogen-bond donors (Lipinski definition) is 0. The number of aromatic nitrogens is 2. The molecule has 0 radical (unpaired) electrons. The second kappa shape index (κ2) is 4.96. The van der Waals surface area contributed by atoms with E-state index in [0.29, 0.717) is 5.92 Å². The van der Waals surface area contributed by atoms with Gasteiger partial charge in [-0.25, -0.2) is 14.3 Å². The fourth-order valence-corrected chi connectivity index (χ4v) is 2.32. The lowest BCUT2D eigenvalue weighted by Crippen LogP contribution is -2.38. The maximum atomic E-state index is 11.9. The average molecular weight is 248 g/mol. The minimum atomic E-state index is -0.446. The van der Waals surface area contributed by atoms with Gasteiger partial charge >= 0.3 is 6.09 Å². The summed E-state index contributed by atoms with van der Waals surface area (Å²) in [5.41, 5.74) is 0.987. The second-order valence-corrected chi connectivity index (χ2v) is 5.46. The van der Waals surface area contributed by atoms with Crippen LogP contribution >= 0.6 is 0 Å². The molecular weight excluding hydrogens is 228 g/mol. The third-order valence-electron chi connectivity index (χ3n) is 3.69. The summed E-state index contributed by atoms with van der Waals surface area (Å²) in [4.78, 5) is 15.8. The zero-order chi connectivity index (χ0) is 13.2. The van der Waals surface area contributed by atoms with E-state index in [1.54, 1.807) is 12.4 Å². The molecule has 1 heterocycles. The van der Waals surface area contributed by atoms with Gasteiger partial charge in [-0.15, -0.1) is 0 Å². The smallest absolute Gasteiger partial charge is 0.419 e. The lowest BCUT2D eigenvalue weighted by molar-refractivity contribution is -0.00902. The standard InChI is InChI=1S/C14H20N2O2/c1-11-4-6-12(7-5-11)14(2,3)18-13(17)16-9-8-15-10-16/h4,8-10,12H,5-7H2,1-3H3. The predicted molar refractivity (Wildman–Crippen MR) is 69.3 cm³/mol. The molecule has 98 valence electrons. The molecule has 0 aromatic carbocycles. The fourth-order valence-electron chi connectivity index (χ4n) is 2.32. The molecule has 4 heteroatoms. The Labute approximate surface area is 108 Å². The van der Waals surface area contributed by atoms with Gasteiger partial charge in [0.2, 0.25) is 0 Å². The Kier molecular flexibility index (Phi) is 3.55. The largest absolute Gasteiger partial charge is 0.443 e. The lowest BCUT2D eigenvalue weighted by Gasteiger charge is -2.35. The van der Waals surface area contributed by atoms with Crippen LogP contribution in [0.5, 0.6) is 0 Å². The van der Waals surface area contributed by atoms with Crippen molar-refractivity contribution in [3.63, 3.8) is 0 Å². The molecule has 0 amide bonds.